The van der Waals surface area contributed by atoms with E-state index in [0.717, 1.165) is 11.2 Å². The fourth-order valence-electron chi connectivity index (χ4n) is 1.64. The number of aryl methyl sites for hydroxylation is 1. The summed E-state index contributed by atoms with van der Waals surface area (Å²) in [5.74, 6) is 0. The summed E-state index contributed by atoms with van der Waals surface area (Å²) in [6.07, 6.45) is 0. The molecule has 0 fully saturated rings. The highest BCUT2D eigenvalue weighted by atomic mass is 16.5. The van der Waals surface area contributed by atoms with E-state index in [-0.39, 0.29) is 0 Å². The first kappa shape index (κ1) is 9.16. The molecule has 0 bridgehead atoms. The van der Waals surface area contributed by atoms with Crippen LogP contribution in [-0.2, 0) is 11.3 Å². The fraction of sp³-hybridized carbons (Fsp3) is 0.250. The summed E-state index contributed by atoms with van der Waals surface area (Å²) >= 11 is 0. The van der Waals surface area contributed by atoms with E-state index in [0.29, 0.717) is 6.61 Å². The Hall–Kier alpha value is -1.41. The first-order valence-corrected chi connectivity index (χ1v) is 4.65. The second kappa shape index (κ2) is 3.76. The molecule has 1 aromatic carbocycles. The summed E-state index contributed by atoms with van der Waals surface area (Å²) < 4.78 is 5.07. The lowest BCUT2D eigenvalue weighted by atomic mass is 10.1. The van der Waals surface area contributed by atoms with Gasteiger partial charge in [-0.25, -0.2) is 0 Å². The van der Waals surface area contributed by atoms with Gasteiger partial charge in [-0.2, -0.15) is 0 Å². The molecule has 0 aliphatic rings. The van der Waals surface area contributed by atoms with Crippen molar-refractivity contribution >= 4 is 10.9 Å². The molecule has 0 saturated carbocycles. The summed E-state index contributed by atoms with van der Waals surface area (Å²) in [6.45, 7) is 2.68. The number of ether oxygens (including phenoxy) is 1. The van der Waals surface area contributed by atoms with Crippen molar-refractivity contribution in [1.29, 1.82) is 0 Å². The minimum absolute atomic E-state index is 0.575. The molecule has 14 heavy (non-hydrogen) atoms. The van der Waals surface area contributed by atoms with Gasteiger partial charge in [0, 0.05) is 12.5 Å². The van der Waals surface area contributed by atoms with Crippen molar-refractivity contribution in [3.05, 3.63) is 41.6 Å². The molecule has 0 spiro atoms. The Kier molecular flexibility index (Phi) is 2.46. The fourth-order valence-corrected chi connectivity index (χ4v) is 1.64. The molecule has 0 atom stereocenters. The van der Waals surface area contributed by atoms with Crippen molar-refractivity contribution in [3.8, 4) is 0 Å². The molecule has 0 radical (unpaired) electrons. The zero-order valence-corrected chi connectivity index (χ0v) is 8.45. The number of fused-ring (bicyclic) bond motifs is 1. The van der Waals surface area contributed by atoms with Gasteiger partial charge < -0.3 is 4.74 Å². The second-order valence-electron chi connectivity index (χ2n) is 3.38. The van der Waals surface area contributed by atoms with Gasteiger partial charge in [0.25, 0.3) is 0 Å². The van der Waals surface area contributed by atoms with Crippen molar-refractivity contribution in [2.24, 2.45) is 0 Å². The Morgan fingerprint density at radius 3 is 2.86 bits per heavy atom. The zero-order valence-electron chi connectivity index (χ0n) is 8.45. The van der Waals surface area contributed by atoms with Crippen LogP contribution in [0.3, 0.4) is 0 Å². The molecular formula is C12H13NO. The van der Waals surface area contributed by atoms with Gasteiger partial charge in [-0.05, 0) is 24.6 Å². The summed E-state index contributed by atoms with van der Waals surface area (Å²) in [5, 5.41) is 1.22. The van der Waals surface area contributed by atoms with Crippen molar-refractivity contribution in [2.75, 3.05) is 7.11 Å². The standard InChI is InChI=1S/C12H13NO/c1-9-7-10(8-14-2)13-12-6-4-3-5-11(9)12/h3-7H,8H2,1-2H3. The lowest BCUT2D eigenvalue weighted by Gasteiger charge is -2.05. The first-order valence-electron chi connectivity index (χ1n) is 4.65. The smallest absolute Gasteiger partial charge is 0.0884 e. The molecular weight excluding hydrogens is 174 g/mol. The molecule has 1 aromatic heterocycles. The van der Waals surface area contributed by atoms with Gasteiger partial charge in [0.1, 0.15) is 0 Å². The van der Waals surface area contributed by atoms with Crippen LogP contribution in [0.25, 0.3) is 10.9 Å². The third kappa shape index (κ3) is 1.61. The third-order valence-corrected chi connectivity index (χ3v) is 2.27. The molecule has 2 aromatic rings. The Morgan fingerprint density at radius 1 is 1.29 bits per heavy atom. The predicted octanol–water partition coefficient (Wildman–Crippen LogP) is 2.69. The molecule has 0 N–H and O–H groups in total. The largest absolute Gasteiger partial charge is 0.378 e. The van der Waals surface area contributed by atoms with Crippen LogP contribution in [0.4, 0.5) is 0 Å². The summed E-state index contributed by atoms with van der Waals surface area (Å²) in [7, 11) is 1.69. The summed E-state index contributed by atoms with van der Waals surface area (Å²) in [4.78, 5) is 4.50. The summed E-state index contributed by atoms with van der Waals surface area (Å²) in [6, 6.07) is 10.2. The van der Waals surface area contributed by atoms with E-state index >= 15 is 0 Å². The van der Waals surface area contributed by atoms with Gasteiger partial charge in [-0.15, -0.1) is 0 Å². The van der Waals surface area contributed by atoms with Crippen molar-refractivity contribution in [3.63, 3.8) is 0 Å². The summed E-state index contributed by atoms with van der Waals surface area (Å²) in [5.41, 5.74) is 3.28. The number of pyridine rings is 1. The van der Waals surface area contributed by atoms with Gasteiger partial charge in [0.15, 0.2) is 0 Å². The van der Waals surface area contributed by atoms with Gasteiger partial charge in [0.05, 0.1) is 17.8 Å². The zero-order chi connectivity index (χ0) is 9.97. The Morgan fingerprint density at radius 2 is 2.07 bits per heavy atom. The molecule has 2 nitrogen and oxygen atoms in total. The highest BCUT2D eigenvalue weighted by Gasteiger charge is 2.00. The van der Waals surface area contributed by atoms with Crippen LogP contribution >= 0.6 is 0 Å². The highest BCUT2D eigenvalue weighted by Crippen LogP contribution is 2.17. The van der Waals surface area contributed by atoms with E-state index in [1.54, 1.807) is 7.11 Å². The van der Waals surface area contributed by atoms with Gasteiger partial charge in [0.2, 0.25) is 0 Å². The molecule has 2 heteroatoms. The van der Waals surface area contributed by atoms with Crippen LogP contribution in [0.1, 0.15) is 11.3 Å². The molecule has 72 valence electrons. The maximum Gasteiger partial charge on any atom is 0.0884 e. The lowest BCUT2D eigenvalue weighted by Crippen LogP contribution is -1.94. The van der Waals surface area contributed by atoms with Crippen LogP contribution in [0, 0.1) is 6.92 Å². The number of methoxy groups -OCH3 is 1. The monoisotopic (exact) mass is 187 g/mol. The molecule has 0 aliphatic carbocycles. The average Bonchev–Trinajstić information content (AvgIpc) is 2.18. The minimum Gasteiger partial charge on any atom is -0.378 e. The van der Waals surface area contributed by atoms with Crippen LogP contribution < -0.4 is 0 Å². The molecule has 0 amide bonds. The molecule has 0 aliphatic heterocycles. The normalized spacial score (nSPS) is 10.7. The number of benzene rings is 1. The van der Waals surface area contributed by atoms with E-state index in [1.807, 2.05) is 18.2 Å². The van der Waals surface area contributed by atoms with E-state index in [4.69, 9.17) is 4.74 Å². The van der Waals surface area contributed by atoms with Gasteiger partial charge in [-0.1, -0.05) is 18.2 Å². The number of aromatic nitrogens is 1. The Bertz CT molecular complexity index is 451. The lowest BCUT2D eigenvalue weighted by molar-refractivity contribution is 0.182. The van der Waals surface area contributed by atoms with Crippen molar-refractivity contribution in [1.82, 2.24) is 4.98 Å². The first-order chi connectivity index (χ1) is 6.81. The van der Waals surface area contributed by atoms with E-state index in [1.165, 1.54) is 10.9 Å². The van der Waals surface area contributed by atoms with Gasteiger partial charge in [-0.3, -0.25) is 4.98 Å². The quantitative estimate of drug-likeness (QED) is 0.721. The predicted molar refractivity (Wildman–Crippen MR) is 57.2 cm³/mol. The van der Waals surface area contributed by atoms with Crippen molar-refractivity contribution < 1.29 is 4.74 Å². The third-order valence-electron chi connectivity index (χ3n) is 2.27. The van der Waals surface area contributed by atoms with E-state index < -0.39 is 0 Å². The highest BCUT2D eigenvalue weighted by molar-refractivity contribution is 5.81. The molecule has 2 rings (SSSR count). The molecule has 0 unspecified atom stereocenters. The maximum atomic E-state index is 5.07. The number of nitrogens with zero attached hydrogens (tertiary/aromatic N) is 1. The SMILES string of the molecule is COCc1cc(C)c2ccccc2n1. The number of para-hydroxylation sites is 1. The van der Waals surface area contributed by atoms with E-state index in [2.05, 4.69) is 24.0 Å². The number of rotatable bonds is 2. The average molecular weight is 187 g/mol. The minimum atomic E-state index is 0.575. The molecule has 0 saturated heterocycles. The Balaban J connectivity index is 2.60. The van der Waals surface area contributed by atoms with Gasteiger partial charge >= 0.3 is 0 Å². The van der Waals surface area contributed by atoms with E-state index in [9.17, 15) is 0 Å². The van der Waals surface area contributed by atoms with Crippen LogP contribution in [-0.4, -0.2) is 12.1 Å². The molecule has 1 heterocycles. The van der Waals surface area contributed by atoms with Crippen LogP contribution in [0.5, 0.6) is 0 Å². The topological polar surface area (TPSA) is 22.1 Å². The van der Waals surface area contributed by atoms with Crippen molar-refractivity contribution in [2.45, 2.75) is 13.5 Å². The maximum absolute atomic E-state index is 5.07. The van der Waals surface area contributed by atoms with Crippen LogP contribution in [0.2, 0.25) is 0 Å². The number of hydrogen-bond donors (Lipinski definition) is 0. The number of hydrogen-bond acceptors (Lipinski definition) is 2. The Labute approximate surface area is 83.5 Å². The second-order valence-corrected chi connectivity index (χ2v) is 3.38. The van der Waals surface area contributed by atoms with Crippen LogP contribution in [0.15, 0.2) is 30.3 Å².